The van der Waals surface area contributed by atoms with Gasteiger partial charge < -0.3 is 4.42 Å². The SMILES string of the molecule is O=C(c1ccc2oc3ccccc3c2c1)C1CCCC1. The molecule has 100 valence electrons. The van der Waals surface area contributed by atoms with Gasteiger partial charge in [-0.05, 0) is 37.1 Å². The van der Waals surface area contributed by atoms with Gasteiger partial charge in [0.05, 0.1) is 0 Å². The van der Waals surface area contributed by atoms with Crippen molar-refractivity contribution in [2.75, 3.05) is 0 Å². The fourth-order valence-electron chi connectivity index (χ4n) is 3.30. The van der Waals surface area contributed by atoms with Crippen LogP contribution in [0.1, 0.15) is 36.0 Å². The van der Waals surface area contributed by atoms with Crippen LogP contribution in [0.5, 0.6) is 0 Å². The van der Waals surface area contributed by atoms with Crippen molar-refractivity contribution in [3.63, 3.8) is 0 Å². The highest BCUT2D eigenvalue weighted by Gasteiger charge is 2.24. The Hall–Kier alpha value is -2.09. The number of ketones is 1. The smallest absolute Gasteiger partial charge is 0.165 e. The topological polar surface area (TPSA) is 30.2 Å². The fourth-order valence-corrected chi connectivity index (χ4v) is 3.30. The highest BCUT2D eigenvalue weighted by Crippen LogP contribution is 2.32. The van der Waals surface area contributed by atoms with Gasteiger partial charge in [0, 0.05) is 22.3 Å². The minimum Gasteiger partial charge on any atom is -0.456 e. The maximum Gasteiger partial charge on any atom is 0.165 e. The molecule has 0 bridgehead atoms. The van der Waals surface area contributed by atoms with Gasteiger partial charge in [-0.1, -0.05) is 31.0 Å². The first kappa shape index (κ1) is 11.7. The lowest BCUT2D eigenvalue weighted by Gasteiger charge is -2.07. The molecule has 1 aliphatic rings. The first-order chi connectivity index (χ1) is 9.83. The van der Waals surface area contributed by atoms with Gasteiger partial charge in [0.2, 0.25) is 0 Å². The average molecular weight is 264 g/mol. The molecular weight excluding hydrogens is 248 g/mol. The van der Waals surface area contributed by atoms with Crippen LogP contribution in [0.2, 0.25) is 0 Å². The summed E-state index contributed by atoms with van der Waals surface area (Å²) in [6.45, 7) is 0. The van der Waals surface area contributed by atoms with E-state index in [1.165, 1.54) is 12.8 Å². The van der Waals surface area contributed by atoms with Crippen LogP contribution >= 0.6 is 0 Å². The lowest BCUT2D eigenvalue weighted by molar-refractivity contribution is 0.0923. The van der Waals surface area contributed by atoms with Crippen LogP contribution in [0.25, 0.3) is 21.9 Å². The van der Waals surface area contributed by atoms with Crippen molar-refractivity contribution in [1.82, 2.24) is 0 Å². The zero-order valence-electron chi connectivity index (χ0n) is 11.3. The number of benzene rings is 2. The van der Waals surface area contributed by atoms with E-state index in [9.17, 15) is 4.79 Å². The second-order valence-electron chi connectivity index (χ2n) is 5.65. The Bertz CT molecular complexity index is 791. The van der Waals surface area contributed by atoms with Crippen molar-refractivity contribution >= 4 is 27.7 Å². The standard InChI is InChI=1S/C18H16O2/c19-18(12-5-1-2-6-12)13-9-10-17-15(11-13)14-7-3-4-8-16(14)20-17/h3-4,7-12H,1-2,5-6H2. The van der Waals surface area contributed by atoms with Crippen molar-refractivity contribution in [2.24, 2.45) is 5.92 Å². The van der Waals surface area contributed by atoms with E-state index < -0.39 is 0 Å². The number of hydrogen-bond acceptors (Lipinski definition) is 2. The summed E-state index contributed by atoms with van der Waals surface area (Å²) < 4.78 is 5.80. The quantitative estimate of drug-likeness (QED) is 0.612. The van der Waals surface area contributed by atoms with Crippen molar-refractivity contribution in [1.29, 1.82) is 0 Å². The number of fused-ring (bicyclic) bond motifs is 3. The summed E-state index contributed by atoms with van der Waals surface area (Å²) in [5, 5.41) is 2.13. The minimum atomic E-state index is 0.227. The van der Waals surface area contributed by atoms with Crippen LogP contribution in [0.15, 0.2) is 46.9 Å². The van der Waals surface area contributed by atoms with E-state index in [1.807, 2.05) is 42.5 Å². The third-order valence-electron chi connectivity index (χ3n) is 4.39. The molecule has 1 heterocycles. The summed E-state index contributed by atoms with van der Waals surface area (Å²) in [6.07, 6.45) is 4.46. The van der Waals surface area contributed by atoms with E-state index >= 15 is 0 Å². The molecule has 0 atom stereocenters. The predicted molar refractivity (Wildman–Crippen MR) is 80.0 cm³/mol. The zero-order chi connectivity index (χ0) is 13.5. The van der Waals surface area contributed by atoms with Gasteiger partial charge in [-0.3, -0.25) is 4.79 Å². The molecule has 0 radical (unpaired) electrons. The summed E-state index contributed by atoms with van der Waals surface area (Å²) in [6, 6.07) is 13.8. The summed E-state index contributed by atoms with van der Waals surface area (Å²) in [4.78, 5) is 12.5. The van der Waals surface area contributed by atoms with E-state index in [2.05, 4.69) is 0 Å². The van der Waals surface area contributed by atoms with E-state index in [-0.39, 0.29) is 5.92 Å². The van der Waals surface area contributed by atoms with E-state index in [0.29, 0.717) is 5.78 Å². The Kier molecular flexibility index (Phi) is 2.62. The molecule has 0 saturated heterocycles. The van der Waals surface area contributed by atoms with Gasteiger partial charge >= 0.3 is 0 Å². The Morgan fingerprint density at radius 1 is 0.950 bits per heavy atom. The van der Waals surface area contributed by atoms with E-state index in [0.717, 1.165) is 40.3 Å². The lowest BCUT2D eigenvalue weighted by Crippen LogP contribution is -2.10. The molecule has 20 heavy (non-hydrogen) atoms. The van der Waals surface area contributed by atoms with Crippen molar-refractivity contribution in [3.05, 3.63) is 48.0 Å². The summed E-state index contributed by atoms with van der Waals surface area (Å²) in [5.41, 5.74) is 2.57. The van der Waals surface area contributed by atoms with Gasteiger partial charge in [-0.15, -0.1) is 0 Å². The molecule has 1 aliphatic carbocycles. The third kappa shape index (κ3) is 1.75. The molecule has 0 unspecified atom stereocenters. The van der Waals surface area contributed by atoms with Crippen molar-refractivity contribution in [3.8, 4) is 0 Å². The number of carbonyl (C=O) groups is 1. The Morgan fingerprint density at radius 2 is 1.70 bits per heavy atom. The summed E-state index contributed by atoms with van der Waals surface area (Å²) in [7, 11) is 0. The number of hydrogen-bond donors (Lipinski definition) is 0. The lowest BCUT2D eigenvalue weighted by atomic mass is 9.95. The normalized spacial score (nSPS) is 16.2. The van der Waals surface area contributed by atoms with Crippen LogP contribution in [0.4, 0.5) is 0 Å². The number of Topliss-reactive ketones (excluding diaryl/α,β-unsaturated/α-hetero) is 1. The average Bonchev–Trinajstić information content (AvgIpc) is 3.13. The number of carbonyl (C=O) groups excluding carboxylic acids is 1. The highest BCUT2D eigenvalue weighted by molar-refractivity contribution is 6.08. The second kappa shape index (κ2) is 4.48. The van der Waals surface area contributed by atoms with Gasteiger partial charge in [0.1, 0.15) is 11.2 Å². The first-order valence-electron chi connectivity index (χ1n) is 7.28. The molecule has 1 fully saturated rings. The van der Waals surface area contributed by atoms with Crippen LogP contribution in [-0.4, -0.2) is 5.78 Å². The zero-order valence-corrected chi connectivity index (χ0v) is 11.3. The van der Waals surface area contributed by atoms with Crippen molar-refractivity contribution < 1.29 is 9.21 Å². The minimum absolute atomic E-state index is 0.227. The van der Waals surface area contributed by atoms with Crippen LogP contribution < -0.4 is 0 Å². The first-order valence-corrected chi connectivity index (χ1v) is 7.28. The van der Waals surface area contributed by atoms with Crippen LogP contribution in [0, 0.1) is 5.92 Å². The van der Waals surface area contributed by atoms with Gasteiger partial charge in [-0.2, -0.15) is 0 Å². The molecule has 0 aliphatic heterocycles. The maximum absolute atomic E-state index is 12.5. The number of rotatable bonds is 2. The predicted octanol–water partition coefficient (Wildman–Crippen LogP) is 4.96. The van der Waals surface area contributed by atoms with Gasteiger partial charge in [-0.25, -0.2) is 0 Å². The van der Waals surface area contributed by atoms with E-state index in [4.69, 9.17) is 4.42 Å². The molecule has 2 heteroatoms. The van der Waals surface area contributed by atoms with Crippen molar-refractivity contribution in [2.45, 2.75) is 25.7 Å². The second-order valence-corrected chi connectivity index (χ2v) is 5.65. The van der Waals surface area contributed by atoms with E-state index in [1.54, 1.807) is 0 Å². The molecule has 0 N–H and O–H groups in total. The monoisotopic (exact) mass is 264 g/mol. The highest BCUT2D eigenvalue weighted by atomic mass is 16.3. The molecule has 1 saturated carbocycles. The Morgan fingerprint density at radius 3 is 2.55 bits per heavy atom. The molecule has 2 nitrogen and oxygen atoms in total. The molecule has 3 aromatic rings. The van der Waals surface area contributed by atoms with Crippen LogP contribution in [-0.2, 0) is 0 Å². The molecule has 4 rings (SSSR count). The number of para-hydroxylation sites is 1. The number of furan rings is 1. The Labute approximate surface area is 117 Å². The molecule has 1 aromatic heterocycles. The van der Waals surface area contributed by atoms with Gasteiger partial charge in [0.15, 0.2) is 5.78 Å². The maximum atomic E-state index is 12.5. The molecular formula is C18H16O2. The largest absolute Gasteiger partial charge is 0.456 e. The molecule has 0 spiro atoms. The summed E-state index contributed by atoms with van der Waals surface area (Å²) in [5.74, 6) is 0.528. The Balaban J connectivity index is 1.85. The fraction of sp³-hybridized carbons (Fsp3) is 0.278. The summed E-state index contributed by atoms with van der Waals surface area (Å²) >= 11 is 0. The molecule has 2 aromatic carbocycles. The van der Waals surface area contributed by atoms with Gasteiger partial charge in [0.25, 0.3) is 0 Å². The molecule has 0 amide bonds. The third-order valence-corrected chi connectivity index (χ3v) is 4.39. The van der Waals surface area contributed by atoms with Crippen LogP contribution in [0.3, 0.4) is 0 Å².